The van der Waals surface area contributed by atoms with Crippen LogP contribution in [0.1, 0.15) is 16.9 Å². The number of hydrogen-bond donors (Lipinski definition) is 1. The normalized spacial score (nSPS) is 18.5. The van der Waals surface area contributed by atoms with Gasteiger partial charge >= 0.3 is 6.36 Å². The van der Waals surface area contributed by atoms with E-state index in [2.05, 4.69) is 19.7 Å². The molecule has 0 aliphatic carbocycles. The van der Waals surface area contributed by atoms with Crippen molar-refractivity contribution < 1.29 is 32.5 Å². The summed E-state index contributed by atoms with van der Waals surface area (Å²) >= 11 is 0. The lowest BCUT2D eigenvalue weighted by Gasteiger charge is -2.13. The molecule has 0 spiro atoms. The smallest absolute Gasteiger partial charge is 0.406 e. The van der Waals surface area contributed by atoms with Crippen molar-refractivity contribution in [2.75, 3.05) is 13.2 Å². The van der Waals surface area contributed by atoms with Crippen LogP contribution in [0.3, 0.4) is 0 Å². The number of carbonyl (C=O) groups is 1. The third kappa shape index (κ3) is 5.27. The molecular formula is C22H18F3N3O4. The highest BCUT2D eigenvalue weighted by atomic mass is 19.4. The predicted molar refractivity (Wildman–Crippen MR) is 107 cm³/mol. The molecule has 4 rings (SSSR count). The number of alkyl halides is 3. The molecule has 3 aromatic rings. The number of aromatic nitrogens is 3. The molecule has 0 saturated carbocycles. The quantitative estimate of drug-likeness (QED) is 0.579. The van der Waals surface area contributed by atoms with E-state index in [1.165, 1.54) is 30.3 Å². The monoisotopic (exact) mass is 445 g/mol. The van der Waals surface area contributed by atoms with E-state index in [0.29, 0.717) is 16.8 Å². The van der Waals surface area contributed by atoms with Gasteiger partial charge in [0, 0.05) is 35.9 Å². The van der Waals surface area contributed by atoms with Gasteiger partial charge in [0.15, 0.2) is 11.6 Å². The molecule has 166 valence electrons. The summed E-state index contributed by atoms with van der Waals surface area (Å²) in [6.07, 6.45) is -2.35. The Kier molecular flexibility index (Phi) is 6.15. The third-order valence-electron chi connectivity index (χ3n) is 4.93. The number of aliphatic hydroxyl groups is 1. The van der Waals surface area contributed by atoms with Crippen LogP contribution in [0.2, 0.25) is 0 Å². The van der Waals surface area contributed by atoms with Crippen LogP contribution >= 0.6 is 0 Å². The molecule has 1 N–H and O–H groups in total. The molecule has 0 amide bonds. The summed E-state index contributed by atoms with van der Waals surface area (Å²) in [6, 6.07) is 10.1. The van der Waals surface area contributed by atoms with Gasteiger partial charge < -0.3 is 14.6 Å². The molecule has 0 radical (unpaired) electrons. The molecule has 1 aliphatic heterocycles. The summed E-state index contributed by atoms with van der Waals surface area (Å²) in [5.41, 5.74) is 1.53. The fraction of sp³-hybridized carbons (Fsp3) is 0.273. The summed E-state index contributed by atoms with van der Waals surface area (Å²) < 4.78 is 46.4. The number of carbonyl (C=O) groups excluding carboxylic acids is 1. The van der Waals surface area contributed by atoms with Gasteiger partial charge in [0.25, 0.3) is 0 Å². The molecule has 0 unspecified atom stereocenters. The predicted octanol–water partition coefficient (Wildman–Crippen LogP) is 3.68. The zero-order valence-electron chi connectivity index (χ0n) is 16.6. The Hall–Kier alpha value is -3.37. The van der Waals surface area contributed by atoms with Crippen molar-refractivity contribution in [3.8, 4) is 28.4 Å². The number of ketones is 1. The average molecular weight is 445 g/mol. The maximum absolute atomic E-state index is 12.9. The Bertz CT molecular complexity index is 1090. The van der Waals surface area contributed by atoms with Crippen molar-refractivity contribution >= 4 is 5.78 Å². The maximum Gasteiger partial charge on any atom is 0.573 e. The number of rotatable bonds is 6. The van der Waals surface area contributed by atoms with Gasteiger partial charge in [-0.15, -0.1) is 13.2 Å². The number of nitrogens with zero attached hydrogens (tertiary/aromatic N) is 3. The zero-order chi connectivity index (χ0) is 22.7. The molecular weight excluding hydrogens is 427 g/mol. The van der Waals surface area contributed by atoms with Crippen molar-refractivity contribution in [1.82, 2.24) is 15.0 Å². The SMILES string of the molecule is O=C(C[C@H]1COC[C@@H]1O)c1cc(-c2ccc(OC(F)(F)F)cc2)nc(-c2cccnc2)n1. The summed E-state index contributed by atoms with van der Waals surface area (Å²) in [4.78, 5) is 25.8. The van der Waals surface area contributed by atoms with E-state index in [1.807, 2.05) is 0 Å². The Morgan fingerprint density at radius 2 is 1.91 bits per heavy atom. The minimum absolute atomic E-state index is 0.0441. The molecule has 1 aliphatic rings. The summed E-state index contributed by atoms with van der Waals surface area (Å²) in [5, 5.41) is 9.95. The van der Waals surface area contributed by atoms with E-state index in [1.54, 1.807) is 24.5 Å². The Balaban J connectivity index is 1.68. The van der Waals surface area contributed by atoms with Crippen LogP contribution in [0.4, 0.5) is 13.2 Å². The molecule has 1 aromatic carbocycles. The van der Waals surface area contributed by atoms with Crippen molar-refractivity contribution in [3.05, 3.63) is 60.6 Å². The second kappa shape index (κ2) is 9.01. The first-order chi connectivity index (χ1) is 15.3. The van der Waals surface area contributed by atoms with E-state index in [-0.39, 0.29) is 48.6 Å². The van der Waals surface area contributed by atoms with Gasteiger partial charge in [0.05, 0.1) is 25.0 Å². The highest BCUT2D eigenvalue weighted by Crippen LogP contribution is 2.28. The van der Waals surface area contributed by atoms with Gasteiger partial charge in [-0.25, -0.2) is 9.97 Å². The van der Waals surface area contributed by atoms with Gasteiger partial charge in [0.1, 0.15) is 11.4 Å². The molecule has 10 heteroatoms. The second-order valence-corrected chi connectivity index (χ2v) is 7.27. The minimum atomic E-state index is -4.79. The fourth-order valence-electron chi connectivity index (χ4n) is 3.31. The van der Waals surface area contributed by atoms with Crippen molar-refractivity contribution in [1.29, 1.82) is 0 Å². The number of benzene rings is 1. The van der Waals surface area contributed by atoms with Crippen molar-refractivity contribution in [2.45, 2.75) is 18.9 Å². The number of pyridine rings is 1. The van der Waals surface area contributed by atoms with Gasteiger partial charge in [-0.05, 0) is 42.5 Å². The number of halogens is 3. The van der Waals surface area contributed by atoms with E-state index in [9.17, 15) is 23.1 Å². The lowest BCUT2D eigenvalue weighted by molar-refractivity contribution is -0.274. The topological polar surface area (TPSA) is 94.4 Å². The largest absolute Gasteiger partial charge is 0.573 e. The fourth-order valence-corrected chi connectivity index (χ4v) is 3.31. The van der Waals surface area contributed by atoms with E-state index < -0.39 is 12.5 Å². The van der Waals surface area contributed by atoms with E-state index >= 15 is 0 Å². The van der Waals surface area contributed by atoms with Crippen LogP contribution in [-0.2, 0) is 4.74 Å². The van der Waals surface area contributed by atoms with E-state index in [4.69, 9.17) is 4.74 Å². The Morgan fingerprint density at radius 1 is 1.12 bits per heavy atom. The third-order valence-corrected chi connectivity index (χ3v) is 4.93. The standard InChI is InChI=1S/C22H18F3N3O4/c23-22(24,25)32-16-5-3-13(4-6-16)17-9-18(19(29)8-15-11-31-12-20(15)30)28-21(27-17)14-2-1-7-26-10-14/h1-7,9-10,15,20,30H,8,11-12H2/t15-,20-/m0/s1. The first-order valence-electron chi connectivity index (χ1n) is 9.73. The zero-order valence-corrected chi connectivity index (χ0v) is 16.6. The summed E-state index contributed by atoms with van der Waals surface area (Å²) in [5.74, 6) is -0.751. The van der Waals surface area contributed by atoms with Crippen LogP contribution in [0.5, 0.6) is 5.75 Å². The van der Waals surface area contributed by atoms with Crippen LogP contribution in [-0.4, -0.2) is 51.5 Å². The molecule has 2 atom stereocenters. The Labute approximate surface area is 180 Å². The first-order valence-corrected chi connectivity index (χ1v) is 9.73. The lowest BCUT2D eigenvalue weighted by Crippen LogP contribution is -2.21. The highest BCUT2D eigenvalue weighted by Gasteiger charge is 2.31. The maximum atomic E-state index is 12.9. The van der Waals surface area contributed by atoms with Crippen LogP contribution in [0.25, 0.3) is 22.6 Å². The number of Topliss-reactive ketones (excluding diaryl/α,β-unsaturated/α-hetero) is 1. The number of aliphatic hydroxyl groups excluding tert-OH is 1. The van der Waals surface area contributed by atoms with Crippen LogP contribution < -0.4 is 4.74 Å². The first kappa shape index (κ1) is 21.8. The lowest BCUT2D eigenvalue weighted by atomic mass is 9.97. The molecule has 3 heterocycles. The molecule has 2 aromatic heterocycles. The molecule has 0 bridgehead atoms. The molecule has 1 fully saturated rings. The number of ether oxygens (including phenoxy) is 2. The van der Waals surface area contributed by atoms with E-state index in [0.717, 1.165) is 0 Å². The highest BCUT2D eigenvalue weighted by molar-refractivity contribution is 5.95. The van der Waals surface area contributed by atoms with Gasteiger partial charge in [-0.3, -0.25) is 9.78 Å². The van der Waals surface area contributed by atoms with Crippen molar-refractivity contribution in [3.63, 3.8) is 0 Å². The second-order valence-electron chi connectivity index (χ2n) is 7.27. The van der Waals surface area contributed by atoms with Crippen LogP contribution in [0, 0.1) is 5.92 Å². The molecule has 32 heavy (non-hydrogen) atoms. The van der Waals surface area contributed by atoms with Gasteiger partial charge in [-0.1, -0.05) is 0 Å². The summed E-state index contributed by atoms with van der Waals surface area (Å²) in [6.45, 7) is 0.460. The average Bonchev–Trinajstić information content (AvgIpc) is 3.17. The Morgan fingerprint density at radius 3 is 2.53 bits per heavy atom. The molecule has 1 saturated heterocycles. The summed E-state index contributed by atoms with van der Waals surface area (Å²) in [7, 11) is 0. The van der Waals surface area contributed by atoms with Crippen molar-refractivity contribution in [2.24, 2.45) is 5.92 Å². The molecule has 7 nitrogen and oxygen atoms in total. The van der Waals surface area contributed by atoms with Gasteiger partial charge in [0.2, 0.25) is 0 Å². The van der Waals surface area contributed by atoms with Gasteiger partial charge in [-0.2, -0.15) is 0 Å². The van der Waals surface area contributed by atoms with Crippen LogP contribution in [0.15, 0.2) is 54.9 Å². The minimum Gasteiger partial charge on any atom is -0.406 e. The number of hydrogen-bond acceptors (Lipinski definition) is 7.